The first kappa shape index (κ1) is 18.4. The monoisotopic (exact) mass is 298 g/mol. The fraction of sp³-hybridized carbons (Fsp3) is 0.941. The van der Waals surface area contributed by atoms with Crippen LogP contribution in [0.15, 0.2) is 0 Å². The third kappa shape index (κ3) is 8.42. The summed E-state index contributed by atoms with van der Waals surface area (Å²) in [7, 11) is 0. The van der Waals surface area contributed by atoms with E-state index in [4.69, 9.17) is 5.11 Å². The Hall–Kier alpha value is -0.610. The van der Waals surface area contributed by atoms with Crippen LogP contribution in [0.4, 0.5) is 0 Å². The van der Waals surface area contributed by atoms with Crippen LogP contribution in [0.2, 0.25) is 0 Å². The van der Waals surface area contributed by atoms with Gasteiger partial charge >= 0.3 is 0 Å². The summed E-state index contributed by atoms with van der Waals surface area (Å²) in [6.07, 6.45) is 9.85. The maximum absolute atomic E-state index is 12.5. The Morgan fingerprint density at radius 3 is 2.62 bits per heavy atom. The number of hydrogen-bond acceptors (Lipinski definition) is 3. The van der Waals surface area contributed by atoms with Crippen LogP contribution in [-0.4, -0.2) is 48.7 Å². The van der Waals surface area contributed by atoms with Crippen LogP contribution < -0.4 is 5.32 Å². The third-order valence-corrected chi connectivity index (χ3v) is 4.33. The predicted molar refractivity (Wildman–Crippen MR) is 87.3 cm³/mol. The molecular formula is C17H34N2O2. The second-order valence-corrected chi connectivity index (χ2v) is 6.29. The lowest BCUT2D eigenvalue weighted by Gasteiger charge is -2.27. The van der Waals surface area contributed by atoms with Crippen molar-refractivity contribution in [3.8, 4) is 0 Å². The maximum Gasteiger partial charge on any atom is 0.222 e. The van der Waals surface area contributed by atoms with Crippen molar-refractivity contribution in [3.63, 3.8) is 0 Å². The van der Waals surface area contributed by atoms with Crippen LogP contribution in [0.25, 0.3) is 0 Å². The summed E-state index contributed by atoms with van der Waals surface area (Å²) >= 11 is 0. The van der Waals surface area contributed by atoms with Crippen molar-refractivity contribution in [2.24, 2.45) is 5.92 Å². The molecule has 2 N–H and O–H groups in total. The number of amides is 1. The van der Waals surface area contributed by atoms with Gasteiger partial charge in [-0.25, -0.2) is 0 Å². The summed E-state index contributed by atoms with van der Waals surface area (Å²) in [4.78, 5) is 14.4. The zero-order chi connectivity index (χ0) is 15.3. The zero-order valence-corrected chi connectivity index (χ0v) is 13.8. The lowest BCUT2D eigenvalue weighted by atomic mass is 9.95. The molecular weight excluding hydrogens is 264 g/mol. The molecule has 1 saturated heterocycles. The Morgan fingerprint density at radius 1 is 1.19 bits per heavy atom. The van der Waals surface area contributed by atoms with E-state index in [2.05, 4.69) is 12.2 Å². The number of hydrogen-bond donors (Lipinski definition) is 2. The van der Waals surface area contributed by atoms with E-state index in [0.717, 1.165) is 26.1 Å². The molecule has 0 aromatic rings. The predicted octanol–water partition coefficient (Wildman–Crippen LogP) is 2.56. The fourth-order valence-electron chi connectivity index (χ4n) is 3.00. The van der Waals surface area contributed by atoms with Crippen LogP contribution in [0, 0.1) is 5.92 Å². The van der Waals surface area contributed by atoms with E-state index in [-0.39, 0.29) is 12.5 Å². The van der Waals surface area contributed by atoms with Gasteiger partial charge in [-0.05, 0) is 44.7 Å². The van der Waals surface area contributed by atoms with Gasteiger partial charge in [0.25, 0.3) is 0 Å². The summed E-state index contributed by atoms with van der Waals surface area (Å²) in [5.41, 5.74) is 0. The molecule has 124 valence electrons. The first-order chi connectivity index (χ1) is 10.3. The van der Waals surface area contributed by atoms with Crippen LogP contribution in [0.5, 0.6) is 0 Å². The molecule has 1 amide bonds. The molecule has 4 nitrogen and oxygen atoms in total. The summed E-state index contributed by atoms with van der Waals surface area (Å²) in [6, 6.07) is 0. The van der Waals surface area contributed by atoms with Crippen molar-refractivity contribution >= 4 is 5.91 Å². The second kappa shape index (κ2) is 12.0. The molecule has 0 aliphatic carbocycles. The number of carbonyl (C=O) groups excluding carboxylic acids is 1. The average molecular weight is 298 g/mol. The van der Waals surface area contributed by atoms with E-state index >= 15 is 0 Å². The Labute approximate surface area is 130 Å². The van der Waals surface area contributed by atoms with E-state index in [1.807, 2.05) is 4.90 Å². The van der Waals surface area contributed by atoms with Crippen molar-refractivity contribution in [3.05, 3.63) is 0 Å². The molecule has 0 radical (unpaired) electrons. The second-order valence-electron chi connectivity index (χ2n) is 6.29. The molecule has 1 heterocycles. The molecule has 1 rings (SSSR count). The quantitative estimate of drug-likeness (QED) is 0.576. The van der Waals surface area contributed by atoms with Crippen molar-refractivity contribution in [1.82, 2.24) is 10.2 Å². The van der Waals surface area contributed by atoms with Crippen LogP contribution >= 0.6 is 0 Å². The number of rotatable bonds is 11. The Morgan fingerprint density at radius 2 is 1.95 bits per heavy atom. The van der Waals surface area contributed by atoms with Gasteiger partial charge in [0.1, 0.15) is 0 Å². The lowest BCUT2D eigenvalue weighted by Crippen LogP contribution is -2.38. The van der Waals surface area contributed by atoms with Crippen molar-refractivity contribution < 1.29 is 9.90 Å². The number of aliphatic hydroxyl groups excluding tert-OH is 1. The van der Waals surface area contributed by atoms with E-state index in [9.17, 15) is 4.79 Å². The molecule has 4 heteroatoms. The van der Waals surface area contributed by atoms with Gasteiger partial charge in [-0.15, -0.1) is 0 Å². The van der Waals surface area contributed by atoms with Gasteiger partial charge in [-0.3, -0.25) is 4.79 Å². The molecule has 21 heavy (non-hydrogen) atoms. The van der Waals surface area contributed by atoms with Gasteiger partial charge < -0.3 is 15.3 Å². The molecule has 1 aliphatic rings. The van der Waals surface area contributed by atoms with Gasteiger partial charge in [-0.2, -0.15) is 0 Å². The standard InChI is InChI=1S/C17H34N2O2/c1-2-3-4-5-6-11-19(12-8-13-20)17(21)14-16-9-7-10-18-15-16/h16,18,20H,2-15H2,1H3. The highest BCUT2D eigenvalue weighted by atomic mass is 16.3. The molecule has 1 unspecified atom stereocenters. The summed E-state index contributed by atoms with van der Waals surface area (Å²) in [6.45, 7) is 6.04. The van der Waals surface area contributed by atoms with Crippen molar-refractivity contribution in [1.29, 1.82) is 0 Å². The Kier molecular flexibility index (Phi) is 10.5. The summed E-state index contributed by atoms with van der Waals surface area (Å²) in [5, 5.41) is 12.4. The number of nitrogens with one attached hydrogen (secondary N) is 1. The first-order valence-electron chi connectivity index (χ1n) is 8.87. The number of piperidine rings is 1. The molecule has 0 aromatic carbocycles. The Bertz CT molecular complexity index is 266. The number of aliphatic hydroxyl groups is 1. The molecule has 1 fully saturated rings. The van der Waals surface area contributed by atoms with Gasteiger partial charge in [0.2, 0.25) is 5.91 Å². The minimum atomic E-state index is 0.171. The first-order valence-corrected chi connectivity index (χ1v) is 8.87. The smallest absolute Gasteiger partial charge is 0.222 e. The number of carbonyl (C=O) groups is 1. The van der Waals surface area contributed by atoms with E-state index < -0.39 is 0 Å². The highest BCUT2D eigenvalue weighted by Crippen LogP contribution is 2.16. The van der Waals surface area contributed by atoms with Gasteiger partial charge in [-0.1, -0.05) is 32.6 Å². The number of nitrogens with zero attached hydrogens (tertiary/aromatic N) is 1. The van der Waals surface area contributed by atoms with Gasteiger partial charge in [0.05, 0.1) is 0 Å². The fourth-order valence-corrected chi connectivity index (χ4v) is 3.00. The molecule has 0 spiro atoms. The third-order valence-electron chi connectivity index (χ3n) is 4.33. The minimum Gasteiger partial charge on any atom is -0.396 e. The Balaban J connectivity index is 2.29. The molecule has 1 aliphatic heterocycles. The van der Waals surface area contributed by atoms with E-state index in [1.54, 1.807) is 0 Å². The maximum atomic E-state index is 12.5. The topological polar surface area (TPSA) is 52.6 Å². The highest BCUT2D eigenvalue weighted by molar-refractivity contribution is 5.76. The molecule has 0 aromatic heterocycles. The largest absolute Gasteiger partial charge is 0.396 e. The lowest BCUT2D eigenvalue weighted by molar-refractivity contribution is -0.132. The highest BCUT2D eigenvalue weighted by Gasteiger charge is 2.20. The van der Waals surface area contributed by atoms with Crippen molar-refractivity contribution in [2.45, 2.75) is 64.7 Å². The molecule has 1 atom stereocenters. The number of unbranched alkanes of at least 4 members (excludes halogenated alkanes) is 4. The SMILES string of the molecule is CCCCCCCN(CCCO)C(=O)CC1CCCNC1. The van der Waals surface area contributed by atoms with Gasteiger partial charge in [0, 0.05) is 26.1 Å². The zero-order valence-electron chi connectivity index (χ0n) is 13.8. The summed E-state index contributed by atoms with van der Waals surface area (Å²) < 4.78 is 0. The van der Waals surface area contributed by atoms with Crippen molar-refractivity contribution in [2.75, 3.05) is 32.8 Å². The van der Waals surface area contributed by atoms with Crippen LogP contribution in [0.3, 0.4) is 0 Å². The van der Waals surface area contributed by atoms with Crippen LogP contribution in [-0.2, 0) is 4.79 Å². The van der Waals surface area contributed by atoms with E-state index in [0.29, 0.717) is 25.3 Å². The van der Waals surface area contributed by atoms with Crippen LogP contribution in [0.1, 0.15) is 64.7 Å². The minimum absolute atomic E-state index is 0.171. The van der Waals surface area contributed by atoms with Gasteiger partial charge in [0.15, 0.2) is 0 Å². The summed E-state index contributed by atoms with van der Waals surface area (Å²) in [5.74, 6) is 0.788. The molecule has 0 saturated carbocycles. The average Bonchev–Trinajstić information content (AvgIpc) is 2.51. The normalized spacial score (nSPS) is 18.7. The molecule has 0 bridgehead atoms. The van der Waals surface area contributed by atoms with E-state index in [1.165, 1.54) is 38.5 Å².